The van der Waals surface area contributed by atoms with Crippen molar-refractivity contribution in [1.29, 1.82) is 0 Å². The van der Waals surface area contributed by atoms with Crippen LogP contribution in [-0.4, -0.2) is 20.7 Å². The number of aromatic nitrogens is 3. The van der Waals surface area contributed by atoms with E-state index in [-0.39, 0.29) is 11.9 Å². The van der Waals surface area contributed by atoms with Crippen LogP contribution in [0, 0.1) is 6.92 Å². The molecule has 0 saturated carbocycles. The lowest BCUT2D eigenvalue weighted by Crippen LogP contribution is -2.15. The van der Waals surface area contributed by atoms with Gasteiger partial charge in [0.25, 0.3) is 5.91 Å². The van der Waals surface area contributed by atoms with Gasteiger partial charge in [-0.15, -0.1) is 11.3 Å². The summed E-state index contributed by atoms with van der Waals surface area (Å²) in [5, 5.41) is 10.4. The zero-order valence-electron chi connectivity index (χ0n) is 17.1. The van der Waals surface area contributed by atoms with E-state index in [2.05, 4.69) is 37.3 Å². The Hall–Kier alpha value is -2.99. The Labute approximate surface area is 174 Å². The van der Waals surface area contributed by atoms with E-state index < -0.39 is 0 Å². The maximum Gasteiger partial charge on any atom is 0.256 e. The van der Waals surface area contributed by atoms with Crippen molar-refractivity contribution in [3.05, 3.63) is 64.7 Å². The fourth-order valence-electron chi connectivity index (χ4n) is 3.52. The van der Waals surface area contributed by atoms with E-state index in [1.165, 1.54) is 0 Å². The Kier molecular flexibility index (Phi) is 5.20. The number of nitrogens with zero attached hydrogens (tertiary/aromatic N) is 3. The van der Waals surface area contributed by atoms with Crippen LogP contribution >= 0.6 is 11.3 Å². The average molecular weight is 405 g/mol. The summed E-state index contributed by atoms with van der Waals surface area (Å²) in [5.74, 6) is -0.137. The SMILES string of the molecule is CCc1cccc(C)c1NC(=O)c1cc(-c2cccs2)nc2c1cnn2C(C)C. The first kappa shape index (κ1) is 19.3. The Morgan fingerprint density at radius 1 is 1.24 bits per heavy atom. The monoisotopic (exact) mass is 404 g/mol. The summed E-state index contributed by atoms with van der Waals surface area (Å²) in [5.41, 5.74) is 5.19. The van der Waals surface area contributed by atoms with Gasteiger partial charge in [0.1, 0.15) is 0 Å². The fourth-order valence-corrected chi connectivity index (χ4v) is 4.20. The van der Waals surface area contributed by atoms with Crippen LogP contribution in [0.15, 0.2) is 48.0 Å². The van der Waals surface area contributed by atoms with Crippen molar-refractivity contribution in [3.8, 4) is 10.6 Å². The first-order valence-electron chi connectivity index (χ1n) is 9.81. The molecule has 0 saturated heterocycles. The Morgan fingerprint density at radius 2 is 2.07 bits per heavy atom. The summed E-state index contributed by atoms with van der Waals surface area (Å²) >= 11 is 1.61. The minimum Gasteiger partial charge on any atom is -0.321 e. The second-order valence-electron chi connectivity index (χ2n) is 7.37. The zero-order valence-corrected chi connectivity index (χ0v) is 17.9. The topological polar surface area (TPSA) is 59.8 Å². The zero-order chi connectivity index (χ0) is 20.5. The van der Waals surface area contributed by atoms with Crippen LogP contribution in [0.1, 0.15) is 48.3 Å². The third-order valence-electron chi connectivity index (χ3n) is 5.05. The maximum absolute atomic E-state index is 13.4. The van der Waals surface area contributed by atoms with Crippen LogP contribution in [0.4, 0.5) is 5.69 Å². The summed E-state index contributed by atoms with van der Waals surface area (Å²) in [7, 11) is 0. The van der Waals surface area contributed by atoms with E-state index in [0.29, 0.717) is 5.56 Å². The van der Waals surface area contributed by atoms with Crippen LogP contribution < -0.4 is 5.32 Å². The molecule has 0 aliphatic carbocycles. The van der Waals surface area contributed by atoms with Crippen LogP contribution in [0.3, 0.4) is 0 Å². The number of para-hydroxylation sites is 1. The number of pyridine rings is 1. The first-order chi connectivity index (χ1) is 14.0. The molecule has 0 atom stereocenters. The van der Waals surface area contributed by atoms with Gasteiger partial charge in [0, 0.05) is 11.7 Å². The Bertz CT molecular complexity index is 1180. The summed E-state index contributed by atoms with van der Waals surface area (Å²) in [6.07, 6.45) is 2.60. The quantitative estimate of drug-likeness (QED) is 0.453. The molecule has 0 aliphatic rings. The van der Waals surface area contributed by atoms with Crippen molar-refractivity contribution in [1.82, 2.24) is 14.8 Å². The van der Waals surface area contributed by atoms with Gasteiger partial charge in [-0.2, -0.15) is 5.10 Å². The van der Waals surface area contributed by atoms with Crippen molar-refractivity contribution in [2.24, 2.45) is 0 Å². The van der Waals surface area contributed by atoms with Gasteiger partial charge in [-0.25, -0.2) is 9.67 Å². The molecule has 6 heteroatoms. The van der Waals surface area contributed by atoms with Crippen LogP contribution in [0.25, 0.3) is 21.6 Å². The predicted molar refractivity (Wildman–Crippen MR) is 120 cm³/mol. The fraction of sp³-hybridized carbons (Fsp3) is 0.261. The van der Waals surface area contributed by atoms with E-state index in [4.69, 9.17) is 4.98 Å². The second-order valence-corrected chi connectivity index (χ2v) is 8.32. The molecule has 1 aromatic carbocycles. The number of carbonyl (C=O) groups excluding carboxylic acids is 1. The van der Waals surface area contributed by atoms with Crippen molar-refractivity contribution in [3.63, 3.8) is 0 Å². The first-order valence-corrected chi connectivity index (χ1v) is 10.7. The molecule has 0 unspecified atom stereocenters. The largest absolute Gasteiger partial charge is 0.321 e. The van der Waals surface area contributed by atoms with E-state index in [1.807, 2.05) is 47.3 Å². The molecule has 0 spiro atoms. The van der Waals surface area contributed by atoms with Gasteiger partial charge in [0.15, 0.2) is 5.65 Å². The Balaban J connectivity index is 1.85. The van der Waals surface area contributed by atoms with E-state index in [0.717, 1.165) is 44.8 Å². The van der Waals surface area contributed by atoms with Crippen molar-refractivity contribution in [2.45, 2.75) is 40.2 Å². The number of aryl methyl sites for hydroxylation is 2. The molecule has 1 N–H and O–H groups in total. The molecule has 29 heavy (non-hydrogen) atoms. The number of hydrogen-bond acceptors (Lipinski definition) is 4. The minimum atomic E-state index is -0.137. The molecule has 4 rings (SSSR count). The number of amides is 1. The summed E-state index contributed by atoms with van der Waals surface area (Å²) in [4.78, 5) is 19.2. The van der Waals surface area contributed by atoms with Crippen LogP contribution in [0.2, 0.25) is 0 Å². The predicted octanol–water partition coefficient (Wildman–Crippen LogP) is 5.86. The molecule has 3 heterocycles. The number of benzene rings is 1. The molecule has 3 aromatic heterocycles. The van der Waals surface area contributed by atoms with Crippen LogP contribution in [-0.2, 0) is 6.42 Å². The van der Waals surface area contributed by atoms with Crippen LogP contribution in [0.5, 0.6) is 0 Å². The standard InChI is InChI=1S/C23H24N4OS/c1-5-16-9-6-8-15(4)21(16)26-23(28)17-12-19(20-10-7-11-29-20)25-22-18(17)13-24-27(22)14(2)3/h6-14H,5H2,1-4H3,(H,26,28). The molecular formula is C23H24N4OS. The number of nitrogens with one attached hydrogen (secondary N) is 1. The molecule has 0 fully saturated rings. The van der Waals surface area contributed by atoms with Crippen molar-refractivity contribution >= 4 is 34.0 Å². The number of hydrogen-bond donors (Lipinski definition) is 1. The molecule has 4 aromatic rings. The molecule has 1 amide bonds. The molecule has 148 valence electrons. The van der Waals surface area contributed by atoms with E-state index in [9.17, 15) is 4.79 Å². The average Bonchev–Trinajstić information content (AvgIpc) is 3.38. The number of thiophene rings is 1. The third-order valence-corrected chi connectivity index (χ3v) is 5.95. The highest BCUT2D eigenvalue weighted by atomic mass is 32.1. The summed E-state index contributed by atoms with van der Waals surface area (Å²) < 4.78 is 1.87. The smallest absolute Gasteiger partial charge is 0.256 e. The maximum atomic E-state index is 13.4. The molecule has 0 bridgehead atoms. The highest BCUT2D eigenvalue weighted by Crippen LogP contribution is 2.30. The van der Waals surface area contributed by atoms with Gasteiger partial charge in [0.05, 0.1) is 27.7 Å². The molecule has 0 radical (unpaired) electrons. The number of carbonyl (C=O) groups is 1. The van der Waals surface area contributed by atoms with E-state index >= 15 is 0 Å². The number of rotatable bonds is 5. The molecule has 5 nitrogen and oxygen atoms in total. The van der Waals surface area contributed by atoms with Gasteiger partial charge in [-0.05, 0) is 55.8 Å². The Morgan fingerprint density at radius 3 is 2.76 bits per heavy atom. The van der Waals surface area contributed by atoms with Gasteiger partial charge in [-0.3, -0.25) is 4.79 Å². The second kappa shape index (κ2) is 7.79. The number of fused-ring (bicyclic) bond motifs is 1. The van der Waals surface area contributed by atoms with Crippen molar-refractivity contribution < 1.29 is 4.79 Å². The lowest BCUT2D eigenvalue weighted by Gasteiger charge is -2.14. The number of anilines is 1. The lowest BCUT2D eigenvalue weighted by molar-refractivity contribution is 0.102. The van der Waals surface area contributed by atoms with Gasteiger partial charge in [0.2, 0.25) is 0 Å². The molecular weight excluding hydrogens is 380 g/mol. The highest BCUT2D eigenvalue weighted by molar-refractivity contribution is 7.13. The van der Waals surface area contributed by atoms with Gasteiger partial charge in [-0.1, -0.05) is 31.2 Å². The van der Waals surface area contributed by atoms with Gasteiger partial charge < -0.3 is 5.32 Å². The summed E-state index contributed by atoms with van der Waals surface area (Å²) in [6.45, 7) is 8.24. The normalized spacial score (nSPS) is 11.3. The van der Waals surface area contributed by atoms with Crippen molar-refractivity contribution in [2.75, 3.05) is 5.32 Å². The third kappa shape index (κ3) is 3.56. The van der Waals surface area contributed by atoms with Gasteiger partial charge >= 0.3 is 0 Å². The summed E-state index contributed by atoms with van der Waals surface area (Å²) in [6, 6.07) is 12.1. The van der Waals surface area contributed by atoms with E-state index in [1.54, 1.807) is 17.5 Å². The minimum absolute atomic E-state index is 0.137. The molecule has 0 aliphatic heterocycles. The lowest BCUT2D eigenvalue weighted by atomic mass is 10.0. The highest BCUT2D eigenvalue weighted by Gasteiger charge is 2.20.